The molecule has 0 aromatic heterocycles. The van der Waals surface area contributed by atoms with Crippen molar-refractivity contribution in [2.75, 3.05) is 0 Å². The van der Waals surface area contributed by atoms with Gasteiger partial charge >= 0.3 is 0 Å². The second-order valence-corrected chi connectivity index (χ2v) is 3.49. The molecule has 0 heterocycles. The average molecular weight is 233 g/mol. The van der Waals surface area contributed by atoms with Crippen molar-refractivity contribution < 1.29 is 4.79 Å². The van der Waals surface area contributed by atoms with E-state index in [4.69, 9.17) is 11.6 Å². The maximum atomic E-state index is 10.3. The third-order valence-corrected chi connectivity index (χ3v) is 2.66. The molecule has 1 rings (SSSR count). The summed E-state index contributed by atoms with van der Waals surface area (Å²) in [5, 5.41) is 0.612. The Bertz CT molecular complexity index is 273. The molecule has 0 N–H and O–H groups in total. The fourth-order valence-corrected chi connectivity index (χ4v) is 1.55. The van der Waals surface area contributed by atoms with Gasteiger partial charge in [0.1, 0.15) is 6.29 Å². The van der Waals surface area contributed by atoms with Crippen molar-refractivity contribution in [1.29, 1.82) is 0 Å². The van der Waals surface area contributed by atoms with E-state index in [2.05, 4.69) is 15.9 Å². The number of hydrogen-bond acceptors (Lipinski definition) is 1. The van der Waals surface area contributed by atoms with Crippen LogP contribution in [-0.4, -0.2) is 6.29 Å². The average Bonchev–Trinajstić information content (AvgIpc) is 1.99. The fourth-order valence-electron chi connectivity index (χ4n) is 0.733. The van der Waals surface area contributed by atoms with Gasteiger partial charge in [0.05, 0.1) is 0 Å². The summed E-state index contributed by atoms with van der Waals surface area (Å²) in [6, 6.07) is 3.39. The summed E-state index contributed by atoms with van der Waals surface area (Å²) in [7, 11) is 0. The maximum Gasteiger partial charge on any atom is 0.150 e. The normalized spacial score (nSPS) is 9.73. The van der Waals surface area contributed by atoms with E-state index in [1.54, 1.807) is 12.1 Å². The highest BCUT2D eigenvalue weighted by atomic mass is 79.9. The van der Waals surface area contributed by atoms with E-state index in [1.807, 2.05) is 6.92 Å². The smallest absolute Gasteiger partial charge is 0.150 e. The second kappa shape index (κ2) is 3.37. The van der Waals surface area contributed by atoms with Gasteiger partial charge in [-0.25, -0.2) is 0 Å². The third kappa shape index (κ3) is 1.82. The highest BCUT2D eigenvalue weighted by molar-refractivity contribution is 9.10. The van der Waals surface area contributed by atoms with Crippen molar-refractivity contribution in [1.82, 2.24) is 0 Å². The van der Waals surface area contributed by atoms with Crippen molar-refractivity contribution in [2.24, 2.45) is 0 Å². The van der Waals surface area contributed by atoms with Gasteiger partial charge in [0.15, 0.2) is 0 Å². The summed E-state index contributed by atoms with van der Waals surface area (Å²) in [5.74, 6) is 0. The topological polar surface area (TPSA) is 17.1 Å². The summed E-state index contributed by atoms with van der Waals surface area (Å²) < 4.78 is 0.868. The minimum Gasteiger partial charge on any atom is -0.298 e. The summed E-state index contributed by atoms with van der Waals surface area (Å²) in [6.45, 7) is 1.89. The number of rotatable bonds is 1. The number of carbonyl (C=O) groups excluding carboxylic acids is 1. The molecule has 0 spiro atoms. The van der Waals surface area contributed by atoms with Crippen LogP contribution in [0.25, 0.3) is 0 Å². The molecule has 0 fully saturated rings. The maximum absolute atomic E-state index is 10.3. The molecule has 0 aliphatic heterocycles. The predicted octanol–water partition coefficient (Wildman–Crippen LogP) is 3.22. The highest BCUT2D eigenvalue weighted by Crippen LogP contribution is 2.24. The fraction of sp³-hybridized carbons (Fsp3) is 0.125. The van der Waals surface area contributed by atoms with Crippen LogP contribution in [0.5, 0.6) is 0 Å². The van der Waals surface area contributed by atoms with E-state index in [0.29, 0.717) is 10.6 Å². The Morgan fingerprint density at radius 2 is 2.18 bits per heavy atom. The molecule has 0 saturated carbocycles. The molecule has 1 aromatic carbocycles. The molecule has 1 nitrogen and oxygen atoms in total. The van der Waals surface area contributed by atoms with E-state index in [9.17, 15) is 4.79 Å². The van der Waals surface area contributed by atoms with Crippen molar-refractivity contribution in [3.63, 3.8) is 0 Å². The molecule has 0 unspecified atom stereocenters. The molecular weight excluding hydrogens is 227 g/mol. The van der Waals surface area contributed by atoms with Gasteiger partial charge in [0.25, 0.3) is 0 Å². The van der Waals surface area contributed by atoms with Crippen LogP contribution in [0.2, 0.25) is 5.02 Å². The lowest BCUT2D eigenvalue weighted by atomic mass is 10.2. The molecule has 58 valence electrons. The third-order valence-electron chi connectivity index (χ3n) is 1.44. The molecular formula is C8H6BrClO. The number of halogens is 2. The van der Waals surface area contributed by atoms with E-state index in [-0.39, 0.29) is 0 Å². The van der Waals surface area contributed by atoms with Crippen LogP contribution in [0.15, 0.2) is 16.6 Å². The van der Waals surface area contributed by atoms with Crippen molar-refractivity contribution in [3.05, 3.63) is 32.8 Å². The van der Waals surface area contributed by atoms with E-state index in [1.165, 1.54) is 0 Å². The Morgan fingerprint density at radius 3 is 2.64 bits per heavy atom. The van der Waals surface area contributed by atoms with Gasteiger partial charge in [-0.1, -0.05) is 27.5 Å². The van der Waals surface area contributed by atoms with Gasteiger partial charge in [0.2, 0.25) is 0 Å². The van der Waals surface area contributed by atoms with Gasteiger partial charge in [-0.15, -0.1) is 0 Å². The Labute approximate surface area is 78.5 Å². The largest absolute Gasteiger partial charge is 0.298 e. The Kier molecular flexibility index (Phi) is 2.68. The minimum absolute atomic E-state index is 0.590. The van der Waals surface area contributed by atoms with Crippen LogP contribution in [0.4, 0.5) is 0 Å². The van der Waals surface area contributed by atoms with Crippen LogP contribution >= 0.6 is 27.5 Å². The van der Waals surface area contributed by atoms with E-state index < -0.39 is 0 Å². The number of benzene rings is 1. The van der Waals surface area contributed by atoms with Crippen LogP contribution in [-0.2, 0) is 0 Å². The summed E-state index contributed by atoms with van der Waals surface area (Å²) in [6.07, 6.45) is 0.774. The van der Waals surface area contributed by atoms with Gasteiger partial charge in [-0.05, 0) is 24.6 Å². The summed E-state index contributed by atoms with van der Waals surface area (Å²) in [4.78, 5) is 10.3. The Balaban J connectivity index is 3.31. The molecule has 11 heavy (non-hydrogen) atoms. The van der Waals surface area contributed by atoms with Crippen LogP contribution < -0.4 is 0 Å². The summed E-state index contributed by atoms with van der Waals surface area (Å²) in [5.41, 5.74) is 1.55. The standard InChI is InChI=1S/C8H6BrClO/c1-5-7(9)2-6(4-11)3-8(5)10/h2-4H,1H3. The minimum atomic E-state index is 0.590. The molecule has 0 bridgehead atoms. The van der Waals surface area contributed by atoms with E-state index >= 15 is 0 Å². The Hall–Kier alpha value is -0.340. The SMILES string of the molecule is Cc1c(Cl)cc(C=O)cc1Br. The zero-order chi connectivity index (χ0) is 8.43. The van der Waals surface area contributed by atoms with Crippen LogP contribution in [0.1, 0.15) is 15.9 Å². The van der Waals surface area contributed by atoms with Gasteiger partial charge < -0.3 is 0 Å². The molecule has 0 aliphatic rings. The lowest BCUT2D eigenvalue weighted by Crippen LogP contribution is -1.83. The van der Waals surface area contributed by atoms with Gasteiger partial charge in [0, 0.05) is 15.1 Å². The lowest BCUT2D eigenvalue weighted by molar-refractivity contribution is 0.112. The molecule has 3 heteroatoms. The van der Waals surface area contributed by atoms with Crippen LogP contribution in [0.3, 0.4) is 0 Å². The van der Waals surface area contributed by atoms with E-state index in [0.717, 1.165) is 16.3 Å². The Morgan fingerprint density at radius 1 is 1.55 bits per heavy atom. The lowest BCUT2D eigenvalue weighted by Gasteiger charge is -2.00. The molecule has 0 atom stereocenters. The van der Waals surface area contributed by atoms with Gasteiger partial charge in [-0.2, -0.15) is 0 Å². The quantitative estimate of drug-likeness (QED) is 0.681. The zero-order valence-electron chi connectivity index (χ0n) is 5.90. The monoisotopic (exact) mass is 232 g/mol. The van der Waals surface area contributed by atoms with Crippen molar-refractivity contribution >= 4 is 33.8 Å². The summed E-state index contributed by atoms with van der Waals surface area (Å²) >= 11 is 9.10. The first-order valence-electron chi connectivity index (χ1n) is 3.06. The number of carbonyl (C=O) groups is 1. The molecule has 0 amide bonds. The first-order chi connectivity index (χ1) is 5.15. The first-order valence-corrected chi connectivity index (χ1v) is 4.23. The second-order valence-electron chi connectivity index (χ2n) is 2.23. The zero-order valence-corrected chi connectivity index (χ0v) is 8.24. The van der Waals surface area contributed by atoms with Gasteiger partial charge in [-0.3, -0.25) is 4.79 Å². The predicted molar refractivity (Wildman–Crippen MR) is 49.3 cm³/mol. The molecule has 0 saturated heterocycles. The molecule has 0 aliphatic carbocycles. The molecule has 1 aromatic rings. The number of aldehydes is 1. The highest BCUT2D eigenvalue weighted by Gasteiger charge is 2.01. The number of hydrogen-bond donors (Lipinski definition) is 0. The van der Waals surface area contributed by atoms with Crippen molar-refractivity contribution in [2.45, 2.75) is 6.92 Å². The van der Waals surface area contributed by atoms with Crippen LogP contribution in [0, 0.1) is 6.92 Å². The first kappa shape index (κ1) is 8.75. The molecule has 0 radical (unpaired) electrons. The van der Waals surface area contributed by atoms with Crippen molar-refractivity contribution in [3.8, 4) is 0 Å².